The van der Waals surface area contributed by atoms with Crippen LogP contribution in [0.2, 0.25) is 0 Å². The average molecular weight is 497 g/mol. The molecule has 180 valence electrons. The van der Waals surface area contributed by atoms with E-state index >= 15 is 0 Å². The molecule has 1 amide bonds. The predicted octanol–water partition coefficient (Wildman–Crippen LogP) is 5.11. The maximum atomic E-state index is 13.4. The number of nitrogens with one attached hydrogen (secondary N) is 1. The Morgan fingerprint density at radius 1 is 0.941 bits per heavy atom. The van der Waals surface area contributed by atoms with Crippen LogP contribution in [0, 0.1) is 13.8 Å². The first-order valence-corrected chi connectivity index (χ1v) is 14.0. The number of carbonyl (C=O) groups excluding carboxylic acids is 1. The van der Waals surface area contributed by atoms with Gasteiger partial charge in [0.15, 0.2) is 0 Å². The molecule has 5 nitrogen and oxygen atoms in total. The van der Waals surface area contributed by atoms with Gasteiger partial charge in [0.2, 0.25) is 5.91 Å². The minimum Gasteiger partial charge on any atom is -0.354 e. The van der Waals surface area contributed by atoms with E-state index in [0.29, 0.717) is 12.2 Å². The number of hydrogen-bond acceptors (Lipinski definition) is 4. The van der Waals surface area contributed by atoms with Crippen LogP contribution < -0.4 is 9.62 Å². The fourth-order valence-electron chi connectivity index (χ4n) is 3.45. The highest BCUT2D eigenvalue weighted by atomic mass is 32.2. The Hall–Kier alpha value is -2.77. The number of anilines is 1. The molecule has 34 heavy (non-hydrogen) atoms. The molecule has 0 radical (unpaired) electrons. The average Bonchev–Trinajstić information content (AvgIpc) is 2.83. The number of sulfonamides is 1. The molecule has 3 rings (SSSR count). The SMILES string of the molecule is CCc1ccc(N(CC(=O)NCCSCc2ccccc2C)S(=O)(=O)c2ccc(C)cc2)cc1. The van der Waals surface area contributed by atoms with E-state index in [1.54, 1.807) is 48.2 Å². The largest absolute Gasteiger partial charge is 0.354 e. The molecule has 3 aromatic rings. The lowest BCUT2D eigenvalue weighted by Gasteiger charge is -2.24. The molecule has 0 atom stereocenters. The van der Waals surface area contributed by atoms with Crippen molar-refractivity contribution in [3.05, 3.63) is 95.1 Å². The smallest absolute Gasteiger partial charge is 0.264 e. The second kappa shape index (κ2) is 12.1. The zero-order valence-corrected chi connectivity index (χ0v) is 21.6. The number of nitrogens with zero attached hydrogens (tertiary/aromatic N) is 1. The summed E-state index contributed by atoms with van der Waals surface area (Å²) in [5.74, 6) is 1.29. The molecule has 0 aliphatic heterocycles. The molecule has 0 aliphatic carbocycles. The van der Waals surface area contributed by atoms with Crippen LogP contribution in [0.5, 0.6) is 0 Å². The van der Waals surface area contributed by atoms with E-state index in [2.05, 4.69) is 24.4 Å². The summed E-state index contributed by atoms with van der Waals surface area (Å²) in [6.07, 6.45) is 0.853. The molecule has 0 bridgehead atoms. The number of aryl methyl sites for hydroxylation is 3. The van der Waals surface area contributed by atoms with E-state index in [-0.39, 0.29) is 17.3 Å². The van der Waals surface area contributed by atoms with Crippen molar-refractivity contribution in [2.75, 3.05) is 23.1 Å². The molecule has 0 spiro atoms. The Kier molecular flexibility index (Phi) is 9.19. The predicted molar refractivity (Wildman–Crippen MR) is 142 cm³/mol. The van der Waals surface area contributed by atoms with Crippen molar-refractivity contribution >= 4 is 33.4 Å². The Morgan fingerprint density at radius 2 is 1.62 bits per heavy atom. The number of carbonyl (C=O) groups is 1. The topological polar surface area (TPSA) is 66.5 Å². The molecule has 0 saturated heterocycles. The summed E-state index contributed by atoms with van der Waals surface area (Å²) in [7, 11) is -3.89. The standard InChI is InChI=1S/C27H32N2O3S2/c1-4-23-11-13-25(14-12-23)29(34(31,32)26-15-9-21(2)10-16-26)19-27(30)28-17-18-33-20-24-8-6-5-7-22(24)3/h5-16H,4,17-20H2,1-3H3,(H,28,30). The van der Waals surface area contributed by atoms with Gasteiger partial charge in [-0.1, -0.05) is 61.0 Å². The summed E-state index contributed by atoms with van der Waals surface area (Å²) in [6, 6.07) is 22.2. The van der Waals surface area contributed by atoms with Crippen LogP contribution in [0.4, 0.5) is 5.69 Å². The molecule has 0 saturated carbocycles. The molecule has 1 N–H and O–H groups in total. The fourth-order valence-corrected chi connectivity index (χ4v) is 5.81. The summed E-state index contributed by atoms with van der Waals surface area (Å²) >= 11 is 1.74. The van der Waals surface area contributed by atoms with Crippen molar-refractivity contribution < 1.29 is 13.2 Å². The van der Waals surface area contributed by atoms with Gasteiger partial charge in [-0.15, -0.1) is 0 Å². The van der Waals surface area contributed by atoms with Gasteiger partial charge in [0.25, 0.3) is 10.0 Å². The third-order valence-electron chi connectivity index (χ3n) is 5.62. The quantitative estimate of drug-likeness (QED) is 0.375. The van der Waals surface area contributed by atoms with E-state index in [4.69, 9.17) is 0 Å². The third-order valence-corrected chi connectivity index (χ3v) is 8.41. The van der Waals surface area contributed by atoms with E-state index < -0.39 is 10.0 Å². The molecular formula is C27H32N2O3S2. The van der Waals surface area contributed by atoms with Crippen LogP contribution >= 0.6 is 11.8 Å². The van der Waals surface area contributed by atoms with Crippen LogP contribution in [0.3, 0.4) is 0 Å². The zero-order chi connectivity index (χ0) is 24.6. The van der Waals surface area contributed by atoms with Gasteiger partial charge in [0, 0.05) is 18.1 Å². The summed E-state index contributed by atoms with van der Waals surface area (Å²) in [5, 5.41) is 2.87. The maximum Gasteiger partial charge on any atom is 0.264 e. The normalized spacial score (nSPS) is 11.3. The van der Waals surface area contributed by atoms with Crippen molar-refractivity contribution in [1.82, 2.24) is 5.32 Å². The van der Waals surface area contributed by atoms with Crippen LogP contribution in [-0.2, 0) is 27.0 Å². The summed E-state index contributed by atoms with van der Waals surface area (Å²) in [6.45, 7) is 6.24. The number of rotatable bonds is 11. The summed E-state index contributed by atoms with van der Waals surface area (Å²) in [5.41, 5.74) is 5.09. The van der Waals surface area contributed by atoms with E-state index in [9.17, 15) is 13.2 Å². The first-order valence-electron chi connectivity index (χ1n) is 11.4. The number of benzene rings is 3. The molecule has 0 fully saturated rings. The summed E-state index contributed by atoms with van der Waals surface area (Å²) < 4.78 is 28.1. The van der Waals surface area contributed by atoms with Gasteiger partial charge < -0.3 is 5.32 Å². The molecule has 7 heteroatoms. The highest BCUT2D eigenvalue weighted by Crippen LogP contribution is 2.24. The maximum absolute atomic E-state index is 13.4. The first kappa shape index (κ1) is 25.8. The van der Waals surface area contributed by atoms with Crippen molar-refractivity contribution in [2.45, 2.75) is 37.8 Å². The summed E-state index contributed by atoms with van der Waals surface area (Å²) in [4.78, 5) is 12.9. The fraction of sp³-hybridized carbons (Fsp3) is 0.296. The Bertz CT molecular complexity index is 1190. The lowest BCUT2D eigenvalue weighted by atomic mass is 10.1. The number of hydrogen-bond donors (Lipinski definition) is 1. The van der Waals surface area contributed by atoms with Crippen LogP contribution in [0.1, 0.15) is 29.2 Å². The van der Waals surface area contributed by atoms with Gasteiger partial charge >= 0.3 is 0 Å². The number of amides is 1. The van der Waals surface area contributed by atoms with Gasteiger partial charge in [-0.05, 0) is 61.2 Å². The Morgan fingerprint density at radius 3 is 2.26 bits per heavy atom. The molecule has 0 aliphatic rings. The van der Waals surface area contributed by atoms with E-state index in [0.717, 1.165) is 29.1 Å². The van der Waals surface area contributed by atoms with Crippen molar-refractivity contribution in [3.8, 4) is 0 Å². The van der Waals surface area contributed by atoms with Crippen molar-refractivity contribution in [2.24, 2.45) is 0 Å². The van der Waals surface area contributed by atoms with Crippen LogP contribution in [0.15, 0.2) is 77.7 Å². The van der Waals surface area contributed by atoms with E-state index in [1.165, 1.54) is 15.4 Å². The van der Waals surface area contributed by atoms with Crippen molar-refractivity contribution in [3.63, 3.8) is 0 Å². The minimum absolute atomic E-state index is 0.166. The van der Waals surface area contributed by atoms with Gasteiger partial charge in [0.05, 0.1) is 10.6 Å². The molecule has 0 unspecified atom stereocenters. The minimum atomic E-state index is -3.89. The zero-order valence-electron chi connectivity index (χ0n) is 20.0. The highest BCUT2D eigenvalue weighted by molar-refractivity contribution is 7.98. The van der Waals surface area contributed by atoms with Gasteiger partial charge in [-0.25, -0.2) is 8.42 Å². The molecule has 0 aromatic heterocycles. The molecule has 0 heterocycles. The monoisotopic (exact) mass is 496 g/mol. The Labute approximate surface area is 207 Å². The Balaban J connectivity index is 1.66. The molecular weight excluding hydrogens is 464 g/mol. The first-order chi connectivity index (χ1) is 16.3. The third kappa shape index (κ3) is 6.87. The van der Waals surface area contributed by atoms with Gasteiger partial charge in [-0.3, -0.25) is 9.10 Å². The van der Waals surface area contributed by atoms with Gasteiger partial charge in [0.1, 0.15) is 6.54 Å². The van der Waals surface area contributed by atoms with Crippen LogP contribution in [-0.4, -0.2) is 33.2 Å². The second-order valence-corrected chi connectivity index (χ2v) is 11.1. The van der Waals surface area contributed by atoms with Crippen molar-refractivity contribution in [1.29, 1.82) is 0 Å². The number of thioether (sulfide) groups is 1. The lowest BCUT2D eigenvalue weighted by molar-refractivity contribution is -0.119. The van der Waals surface area contributed by atoms with Crippen LogP contribution in [0.25, 0.3) is 0 Å². The lowest BCUT2D eigenvalue weighted by Crippen LogP contribution is -2.41. The van der Waals surface area contributed by atoms with Gasteiger partial charge in [-0.2, -0.15) is 11.8 Å². The highest BCUT2D eigenvalue weighted by Gasteiger charge is 2.27. The molecule has 3 aromatic carbocycles. The second-order valence-electron chi connectivity index (χ2n) is 8.17. The van der Waals surface area contributed by atoms with E-state index in [1.807, 2.05) is 38.1 Å².